The fraction of sp³-hybridized carbons (Fsp3) is 0.148. The molecule has 182 valence electrons. The number of amides is 2. The molecule has 0 saturated carbocycles. The molecular formula is C27H23FN4O3S. The zero-order valence-electron chi connectivity index (χ0n) is 19.6. The molecule has 0 fully saturated rings. The second-order valence-electron chi connectivity index (χ2n) is 8.08. The monoisotopic (exact) mass is 502 g/mol. The van der Waals surface area contributed by atoms with E-state index in [1.165, 1.54) is 42.3 Å². The molecule has 9 heteroatoms. The van der Waals surface area contributed by atoms with Gasteiger partial charge >= 0.3 is 0 Å². The van der Waals surface area contributed by atoms with Crippen LogP contribution in [-0.4, -0.2) is 17.6 Å². The predicted octanol–water partition coefficient (Wildman–Crippen LogP) is 5.43. The molecule has 7 nitrogen and oxygen atoms in total. The number of hydrogen-bond donors (Lipinski definition) is 3. The Morgan fingerprint density at radius 3 is 2.50 bits per heavy atom. The summed E-state index contributed by atoms with van der Waals surface area (Å²) in [7, 11) is 0. The fourth-order valence-corrected chi connectivity index (χ4v) is 4.73. The summed E-state index contributed by atoms with van der Waals surface area (Å²) in [5.41, 5.74) is 3.14. The van der Waals surface area contributed by atoms with Crippen LogP contribution in [-0.2, 0) is 9.59 Å². The average Bonchev–Trinajstić information content (AvgIpc) is 3.39. The smallest absolute Gasteiger partial charge is 0.254 e. The highest BCUT2D eigenvalue weighted by atomic mass is 32.2. The number of benzene rings is 2. The van der Waals surface area contributed by atoms with Gasteiger partial charge in [-0.25, -0.2) is 4.39 Å². The van der Waals surface area contributed by atoms with Crippen molar-refractivity contribution in [1.29, 1.82) is 5.26 Å². The Morgan fingerprint density at radius 1 is 1.08 bits per heavy atom. The van der Waals surface area contributed by atoms with Crippen molar-refractivity contribution >= 4 is 35.0 Å². The van der Waals surface area contributed by atoms with Crippen LogP contribution in [0.4, 0.5) is 15.8 Å². The van der Waals surface area contributed by atoms with Crippen molar-refractivity contribution in [2.24, 2.45) is 0 Å². The van der Waals surface area contributed by atoms with E-state index in [2.05, 4.69) is 22.0 Å². The van der Waals surface area contributed by atoms with Crippen LogP contribution in [0.5, 0.6) is 0 Å². The summed E-state index contributed by atoms with van der Waals surface area (Å²) < 4.78 is 18.9. The second kappa shape index (κ2) is 11.0. The van der Waals surface area contributed by atoms with Crippen molar-refractivity contribution in [3.63, 3.8) is 0 Å². The Bertz CT molecular complexity index is 1390. The van der Waals surface area contributed by atoms with Crippen LogP contribution in [0.2, 0.25) is 0 Å². The number of aryl methyl sites for hydroxylation is 1. The Balaban J connectivity index is 1.58. The molecule has 3 N–H and O–H groups in total. The molecule has 0 aliphatic carbocycles. The van der Waals surface area contributed by atoms with Gasteiger partial charge in [-0.2, -0.15) is 5.26 Å². The molecule has 1 aliphatic heterocycles. The zero-order valence-corrected chi connectivity index (χ0v) is 20.4. The highest BCUT2D eigenvalue weighted by Crippen LogP contribution is 2.41. The Kier molecular flexibility index (Phi) is 7.56. The number of hydrogen-bond acceptors (Lipinski definition) is 6. The minimum Gasteiger partial charge on any atom is -0.468 e. The van der Waals surface area contributed by atoms with Gasteiger partial charge in [-0.05, 0) is 61.9 Å². The molecule has 2 amide bonds. The van der Waals surface area contributed by atoms with E-state index in [0.717, 1.165) is 11.3 Å². The van der Waals surface area contributed by atoms with E-state index in [9.17, 15) is 19.2 Å². The van der Waals surface area contributed by atoms with Gasteiger partial charge in [0.15, 0.2) is 0 Å². The molecule has 0 radical (unpaired) electrons. The first kappa shape index (κ1) is 24.8. The third-order valence-electron chi connectivity index (χ3n) is 5.59. The Hall–Kier alpha value is -4.29. The number of nitrogens with one attached hydrogen (secondary N) is 3. The van der Waals surface area contributed by atoms with Crippen LogP contribution in [0.15, 0.2) is 93.2 Å². The lowest BCUT2D eigenvalue weighted by molar-refractivity contribution is -0.114. The van der Waals surface area contributed by atoms with Gasteiger partial charge in [0.25, 0.3) is 5.91 Å². The molecule has 3 aromatic rings. The van der Waals surface area contributed by atoms with Gasteiger partial charge in [0, 0.05) is 17.1 Å². The van der Waals surface area contributed by atoms with Crippen molar-refractivity contribution in [1.82, 2.24) is 5.32 Å². The standard InChI is InChI=1S/C27H23FN4O3S/c1-16-6-3-4-7-21(16)32-23(33)15-36-27-20(14-29)25(22-8-5-13-35-22)24(17(2)30-27)26(34)31-19-11-9-18(28)10-12-19/h3-13,25,30H,15H2,1-2H3,(H,31,34)(H,32,33)/t25-/m0/s1. The van der Waals surface area contributed by atoms with Crippen LogP contribution in [0.25, 0.3) is 0 Å². The summed E-state index contributed by atoms with van der Waals surface area (Å²) in [5.74, 6) is -1.41. The molecule has 0 unspecified atom stereocenters. The van der Waals surface area contributed by atoms with E-state index < -0.39 is 17.6 Å². The van der Waals surface area contributed by atoms with E-state index >= 15 is 0 Å². The summed E-state index contributed by atoms with van der Waals surface area (Å²) in [6, 6.07) is 18.4. The number of carbonyl (C=O) groups excluding carboxylic acids is 2. The zero-order chi connectivity index (χ0) is 25.7. The van der Waals surface area contributed by atoms with Crippen LogP contribution in [0, 0.1) is 24.1 Å². The van der Waals surface area contributed by atoms with Gasteiger partial charge in [0.1, 0.15) is 11.6 Å². The number of thioether (sulfide) groups is 1. The molecule has 36 heavy (non-hydrogen) atoms. The van der Waals surface area contributed by atoms with Gasteiger partial charge in [0.05, 0.1) is 40.2 Å². The highest BCUT2D eigenvalue weighted by Gasteiger charge is 2.36. The van der Waals surface area contributed by atoms with Crippen molar-refractivity contribution in [2.45, 2.75) is 19.8 Å². The average molecular weight is 503 g/mol. The number of dihydropyridines is 1. The lowest BCUT2D eigenvalue weighted by Crippen LogP contribution is -2.31. The molecule has 1 aliphatic rings. The number of rotatable bonds is 7. The first-order chi connectivity index (χ1) is 17.4. The number of carbonyl (C=O) groups is 2. The van der Waals surface area contributed by atoms with E-state index in [0.29, 0.717) is 27.7 Å². The van der Waals surface area contributed by atoms with Crippen molar-refractivity contribution in [3.05, 3.63) is 106 Å². The lowest BCUT2D eigenvalue weighted by Gasteiger charge is -2.28. The van der Waals surface area contributed by atoms with E-state index in [1.807, 2.05) is 31.2 Å². The first-order valence-electron chi connectivity index (χ1n) is 11.1. The lowest BCUT2D eigenvalue weighted by atomic mass is 9.85. The summed E-state index contributed by atoms with van der Waals surface area (Å²) in [5, 5.41) is 19.3. The molecule has 0 spiro atoms. The van der Waals surface area contributed by atoms with Crippen molar-refractivity contribution in [3.8, 4) is 6.07 Å². The molecular weight excluding hydrogens is 479 g/mol. The topological polar surface area (TPSA) is 107 Å². The number of allylic oxidation sites excluding steroid dienone is 2. The molecule has 0 bridgehead atoms. The summed E-state index contributed by atoms with van der Waals surface area (Å²) >= 11 is 1.17. The maximum atomic E-state index is 13.3. The SMILES string of the molecule is CC1=C(C(=O)Nc2ccc(F)cc2)[C@H](c2ccco2)C(C#N)=C(SCC(=O)Nc2ccccc2C)N1. The second-order valence-corrected chi connectivity index (χ2v) is 9.07. The maximum absolute atomic E-state index is 13.3. The van der Waals surface area contributed by atoms with E-state index in [1.54, 1.807) is 19.1 Å². The third kappa shape index (κ3) is 5.50. The van der Waals surface area contributed by atoms with E-state index in [-0.39, 0.29) is 17.2 Å². The number of nitrogens with zero attached hydrogens (tertiary/aromatic N) is 1. The number of furan rings is 1. The summed E-state index contributed by atoms with van der Waals surface area (Å²) in [6.45, 7) is 3.63. The van der Waals surface area contributed by atoms with Crippen LogP contribution in [0.3, 0.4) is 0 Å². The van der Waals surface area contributed by atoms with E-state index in [4.69, 9.17) is 4.42 Å². The molecule has 1 atom stereocenters. The normalized spacial score (nSPS) is 15.2. The van der Waals surface area contributed by atoms with Crippen molar-refractivity contribution < 1.29 is 18.4 Å². The third-order valence-corrected chi connectivity index (χ3v) is 6.61. The largest absolute Gasteiger partial charge is 0.468 e. The number of nitriles is 1. The van der Waals surface area contributed by atoms with Crippen LogP contribution >= 0.6 is 11.8 Å². The summed E-state index contributed by atoms with van der Waals surface area (Å²) in [6.07, 6.45) is 1.47. The van der Waals surface area contributed by atoms with Gasteiger partial charge in [0.2, 0.25) is 5.91 Å². The van der Waals surface area contributed by atoms with Crippen LogP contribution < -0.4 is 16.0 Å². The predicted molar refractivity (Wildman–Crippen MR) is 137 cm³/mol. The molecule has 4 rings (SSSR count). The van der Waals surface area contributed by atoms with Gasteiger partial charge in [-0.3, -0.25) is 9.59 Å². The maximum Gasteiger partial charge on any atom is 0.254 e. The number of anilines is 2. The van der Waals surface area contributed by atoms with Gasteiger partial charge in [-0.1, -0.05) is 30.0 Å². The summed E-state index contributed by atoms with van der Waals surface area (Å²) in [4.78, 5) is 25.9. The highest BCUT2D eigenvalue weighted by molar-refractivity contribution is 8.03. The minimum absolute atomic E-state index is 0.0527. The molecule has 2 heterocycles. The fourth-order valence-electron chi connectivity index (χ4n) is 3.84. The Morgan fingerprint density at radius 2 is 1.83 bits per heavy atom. The molecule has 1 aromatic heterocycles. The molecule has 0 saturated heterocycles. The minimum atomic E-state index is -0.784. The number of para-hydroxylation sites is 1. The Labute approximate surface area is 212 Å². The molecule has 2 aromatic carbocycles. The van der Waals surface area contributed by atoms with Crippen LogP contribution in [0.1, 0.15) is 24.2 Å². The van der Waals surface area contributed by atoms with Gasteiger partial charge in [-0.15, -0.1) is 0 Å². The quantitative estimate of drug-likeness (QED) is 0.398. The van der Waals surface area contributed by atoms with Crippen molar-refractivity contribution in [2.75, 3.05) is 16.4 Å². The first-order valence-corrected chi connectivity index (χ1v) is 12.1. The number of halogens is 1. The van der Waals surface area contributed by atoms with Gasteiger partial charge < -0.3 is 20.4 Å².